The molecule has 0 atom stereocenters. The van der Waals surface area contributed by atoms with Crippen LogP contribution in [-0.2, 0) is 12.8 Å². The van der Waals surface area contributed by atoms with Crippen molar-refractivity contribution in [2.24, 2.45) is 0 Å². The maximum Gasteiger partial charge on any atom is 0.314 e. The van der Waals surface area contributed by atoms with Crippen LogP contribution in [0.3, 0.4) is 0 Å². The number of rotatable bonds is 5. The fraction of sp³-hybridized carbons (Fsp3) is 0.250. The monoisotopic (exact) mass is 350 g/mol. The van der Waals surface area contributed by atoms with Crippen LogP contribution in [0.25, 0.3) is 0 Å². The second kappa shape index (κ2) is 6.47. The van der Waals surface area contributed by atoms with Crippen LogP contribution >= 0.6 is 23.2 Å². The SMILES string of the molecule is FC(F)(Cc1ccc(Cl)cc1)C(F)(F)Cc1ccc(Cl)cc1. The summed E-state index contributed by atoms with van der Waals surface area (Å²) in [5, 5.41) is 0.722. The molecule has 0 amide bonds. The molecule has 2 aromatic rings. The molecule has 0 radical (unpaired) electrons. The Morgan fingerprint density at radius 1 is 0.591 bits per heavy atom. The summed E-state index contributed by atoms with van der Waals surface area (Å²) in [5.41, 5.74) is 0.204. The van der Waals surface area contributed by atoms with Gasteiger partial charge in [0.05, 0.1) is 0 Å². The van der Waals surface area contributed by atoms with Crippen molar-refractivity contribution < 1.29 is 17.6 Å². The predicted octanol–water partition coefficient (Wildman–Crippen LogP) is 6.05. The zero-order valence-electron chi connectivity index (χ0n) is 11.3. The zero-order chi connectivity index (χ0) is 16.4. The van der Waals surface area contributed by atoms with E-state index in [0.717, 1.165) is 0 Å². The predicted molar refractivity (Wildman–Crippen MR) is 80.2 cm³/mol. The molecule has 0 spiro atoms. The van der Waals surface area contributed by atoms with Gasteiger partial charge in [0.2, 0.25) is 0 Å². The number of alkyl halides is 4. The Kier molecular flexibility index (Phi) is 5.03. The molecule has 0 heterocycles. The molecule has 0 nitrogen and oxygen atoms in total. The average Bonchev–Trinajstić information content (AvgIpc) is 2.43. The molecule has 0 aromatic heterocycles. The molecule has 0 aliphatic carbocycles. The number of hydrogen-bond acceptors (Lipinski definition) is 0. The second-order valence-electron chi connectivity index (χ2n) is 5.02. The highest BCUT2D eigenvalue weighted by Crippen LogP contribution is 2.39. The van der Waals surface area contributed by atoms with E-state index in [-0.39, 0.29) is 11.1 Å². The van der Waals surface area contributed by atoms with Crippen molar-refractivity contribution in [3.8, 4) is 0 Å². The van der Waals surface area contributed by atoms with Crippen molar-refractivity contribution in [2.45, 2.75) is 24.7 Å². The minimum Gasteiger partial charge on any atom is -0.200 e. The van der Waals surface area contributed by atoms with E-state index in [1.54, 1.807) is 0 Å². The van der Waals surface area contributed by atoms with Gasteiger partial charge in [-0.1, -0.05) is 47.5 Å². The van der Waals surface area contributed by atoms with Gasteiger partial charge in [0.15, 0.2) is 0 Å². The normalized spacial score (nSPS) is 12.5. The Labute approximate surface area is 135 Å². The molecule has 0 aliphatic heterocycles. The van der Waals surface area contributed by atoms with E-state index in [2.05, 4.69) is 0 Å². The van der Waals surface area contributed by atoms with Crippen molar-refractivity contribution in [3.63, 3.8) is 0 Å². The standard InChI is InChI=1S/C16H12Cl2F4/c17-13-5-1-11(2-6-13)9-15(19,20)16(21,22)10-12-3-7-14(18)8-4-12/h1-8H,9-10H2. The third-order valence-corrected chi connectivity index (χ3v) is 3.72. The third-order valence-electron chi connectivity index (χ3n) is 3.21. The Morgan fingerprint density at radius 3 is 1.14 bits per heavy atom. The lowest BCUT2D eigenvalue weighted by Gasteiger charge is -2.27. The number of hydrogen-bond donors (Lipinski definition) is 0. The van der Waals surface area contributed by atoms with Crippen LogP contribution in [0.15, 0.2) is 48.5 Å². The average molecular weight is 351 g/mol. The molecule has 0 fully saturated rings. The molecule has 2 aromatic carbocycles. The third kappa shape index (κ3) is 4.14. The summed E-state index contributed by atoms with van der Waals surface area (Å²) in [5.74, 6) is -8.33. The molecular formula is C16H12Cl2F4. The largest absolute Gasteiger partial charge is 0.314 e. The zero-order valence-corrected chi connectivity index (χ0v) is 12.8. The van der Waals surface area contributed by atoms with Crippen LogP contribution in [-0.4, -0.2) is 11.8 Å². The molecule has 0 saturated carbocycles. The van der Waals surface area contributed by atoms with Gasteiger partial charge in [0.1, 0.15) is 0 Å². The number of benzene rings is 2. The van der Waals surface area contributed by atoms with E-state index in [9.17, 15) is 17.6 Å². The molecule has 22 heavy (non-hydrogen) atoms. The van der Waals surface area contributed by atoms with Gasteiger partial charge < -0.3 is 0 Å². The second-order valence-corrected chi connectivity index (χ2v) is 5.89. The van der Waals surface area contributed by atoms with Gasteiger partial charge >= 0.3 is 11.8 Å². The van der Waals surface area contributed by atoms with Crippen LogP contribution in [0.1, 0.15) is 11.1 Å². The summed E-state index contributed by atoms with van der Waals surface area (Å²) >= 11 is 11.3. The first-order valence-corrected chi connectivity index (χ1v) is 7.20. The molecule has 0 bridgehead atoms. The summed E-state index contributed by atoms with van der Waals surface area (Å²) < 4.78 is 55.8. The van der Waals surface area contributed by atoms with E-state index < -0.39 is 24.7 Å². The summed E-state index contributed by atoms with van der Waals surface area (Å²) in [4.78, 5) is 0. The van der Waals surface area contributed by atoms with Crippen molar-refractivity contribution in [1.29, 1.82) is 0 Å². The molecule has 0 unspecified atom stereocenters. The lowest BCUT2D eigenvalue weighted by atomic mass is 9.96. The molecule has 2 rings (SSSR count). The van der Waals surface area contributed by atoms with E-state index in [1.807, 2.05) is 0 Å². The van der Waals surface area contributed by atoms with Crippen molar-refractivity contribution in [2.75, 3.05) is 0 Å². The molecule has 6 heteroatoms. The van der Waals surface area contributed by atoms with Crippen LogP contribution in [0, 0.1) is 0 Å². The Morgan fingerprint density at radius 2 is 0.864 bits per heavy atom. The van der Waals surface area contributed by atoms with Crippen LogP contribution in [0.4, 0.5) is 17.6 Å². The highest BCUT2D eigenvalue weighted by molar-refractivity contribution is 6.30. The van der Waals surface area contributed by atoms with Gasteiger partial charge in [0, 0.05) is 22.9 Å². The minimum atomic E-state index is -4.17. The smallest absolute Gasteiger partial charge is 0.200 e. The number of halogens is 6. The highest BCUT2D eigenvalue weighted by Gasteiger charge is 2.55. The molecular weight excluding hydrogens is 339 g/mol. The van der Waals surface area contributed by atoms with Gasteiger partial charge in [-0.05, 0) is 35.4 Å². The summed E-state index contributed by atoms with van der Waals surface area (Å²) in [6, 6.07) is 10.8. The van der Waals surface area contributed by atoms with Gasteiger partial charge in [-0.2, -0.15) is 17.6 Å². The Bertz CT molecular complexity index is 564. The first-order valence-electron chi connectivity index (χ1n) is 6.44. The van der Waals surface area contributed by atoms with Gasteiger partial charge in [-0.25, -0.2) is 0 Å². The lowest BCUT2D eigenvalue weighted by molar-refractivity contribution is -0.206. The Hall–Kier alpha value is -1.26. The Balaban J connectivity index is 2.14. The van der Waals surface area contributed by atoms with Crippen molar-refractivity contribution in [1.82, 2.24) is 0 Å². The van der Waals surface area contributed by atoms with Crippen LogP contribution in [0.5, 0.6) is 0 Å². The van der Waals surface area contributed by atoms with E-state index in [4.69, 9.17) is 23.2 Å². The molecule has 0 saturated heterocycles. The van der Waals surface area contributed by atoms with E-state index in [0.29, 0.717) is 10.0 Å². The summed E-state index contributed by atoms with van der Waals surface area (Å²) in [6.45, 7) is 0. The fourth-order valence-electron chi connectivity index (χ4n) is 1.98. The molecule has 0 N–H and O–H groups in total. The van der Waals surface area contributed by atoms with Gasteiger partial charge in [-0.15, -0.1) is 0 Å². The maximum atomic E-state index is 13.9. The lowest BCUT2D eigenvalue weighted by Crippen LogP contribution is -2.44. The fourth-order valence-corrected chi connectivity index (χ4v) is 2.23. The molecule has 118 valence electrons. The summed E-state index contributed by atoms with van der Waals surface area (Å²) in [6.07, 6.45) is -2.10. The van der Waals surface area contributed by atoms with Gasteiger partial charge in [0.25, 0.3) is 0 Å². The van der Waals surface area contributed by atoms with Gasteiger partial charge in [-0.3, -0.25) is 0 Å². The van der Waals surface area contributed by atoms with E-state index >= 15 is 0 Å². The first-order chi connectivity index (χ1) is 10.2. The quantitative estimate of drug-likeness (QED) is 0.576. The van der Waals surface area contributed by atoms with Crippen molar-refractivity contribution >= 4 is 23.2 Å². The van der Waals surface area contributed by atoms with E-state index in [1.165, 1.54) is 48.5 Å². The summed E-state index contributed by atoms with van der Waals surface area (Å²) in [7, 11) is 0. The molecule has 0 aliphatic rings. The maximum absolute atomic E-state index is 13.9. The van der Waals surface area contributed by atoms with Crippen molar-refractivity contribution in [3.05, 3.63) is 69.7 Å². The van der Waals surface area contributed by atoms with Crippen LogP contribution in [0.2, 0.25) is 10.0 Å². The highest BCUT2D eigenvalue weighted by atomic mass is 35.5. The topological polar surface area (TPSA) is 0 Å². The van der Waals surface area contributed by atoms with Crippen LogP contribution < -0.4 is 0 Å². The first kappa shape index (κ1) is 17.1. The minimum absolute atomic E-state index is 0.102.